The van der Waals surface area contributed by atoms with Gasteiger partial charge in [-0.1, -0.05) is 18.2 Å². The maximum atomic E-state index is 13.0. The third kappa shape index (κ3) is 6.99. The number of nitrogens with zero attached hydrogens (tertiary/aromatic N) is 1. The predicted molar refractivity (Wildman–Crippen MR) is 103 cm³/mol. The van der Waals surface area contributed by atoms with Crippen molar-refractivity contribution in [2.24, 2.45) is 0 Å². The number of sulfonamides is 1. The zero-order valence-corrected chi connectivity index (χ0v) is 16.1. The molecular weight excluding hydrogens is 371 g/mol. The smallest absolute Gasteiger partial charge is 0.225 e. The molecule has 1 N–H and O–H groups in total. The van der Waals surface area contributed by atoms with Gasteiger partial charge in [-0.05, 0) is 36.2 Å². The average molecular weight is 394 g/mol. The first-order valence-electron chi connectivity index (χ1n) is 8.41. The summed E-state index contributed by atoms with van der Waals surface area (Å²) in [5.74, 6) is -0.0171. The van der Waals surface area contributed by atoms with E-state index in [1.54, 1.807) is 36.4 Å². The summed E-state index contributed by atoms with van der Waals surface area (Å²) in [6, 6.07) is 12.8. The highest BCUT2D eigenvalue weighted by Gasteiger charge is 2.18. The molecule has 146 valence electrons. The Kier molecular flexibility index (Phi) is 7.32. The molecule has 6 nitrogen and oxygen atoms in total. The Labute approximate surface area is 159 Å². The number of benzene rings is 2. The summed E-state index contributed by atoms with van der Waals surface area (Å²) in [7, 11) is -1.93. The summed E-state index contributed by atoms with van der Waals surface area (Å²) < 4.78 is 43.3. The first kappa shape index (κ1) is 20.9. The van der Waals surface area contributed by atoms with E-state index in [4.69, 9.17) is 4.74 Å². The van der Waals surface area contributed by atoms with Crippen LogP contribution in [0.5, 0.6) is 5.75 Å². The van der Waals surface area contributed by atoms with Gasteiger partial charge in [0.15, 0.2) is 0 Å². The second kappa shape index (κ2) is 9.48. The SMILES string of the molecule is COc1cccc(NC(=O)CCN(CCc2ccc(F)cc2)S(C)(=O)=O)c1. The molecule has 27 heavy (non-hydrogen) atoms. The normalized spacial score (nSPS) is 11.4. The Bertz CT molecular complexity index is 870. The summed E-state index contributed by atoms with van der Waals surface area (Å²) in [5, 5.41) is 2.72. The van der Waals surface area contributed by atoms with Gasteiger partial charge in [0.25, 0.3) is 0 Å². The fourth-order valence-corrected chi connectivity index (χ4v) is 3.34. The van der Waals surface area contributed by atoms with Crippen molar-refractivity contribution in [2.45, 2.75) is 12.8 Å². The molecule has 2 aromatic carbocycles. The Hall–Kier alpha value is -2.45. The van der Waals surface area contributed by atoms with E-state index in [1.165, 1.54) is 23.5 Å². The predicted octanol–water partition coefficient (Wildman–Crippen LogP) is 2.67. The third-order valence-corrected chi connectivity index (χ3v) is 5.28. The number of halogens is 1. The van der Waals surface area contributed by atoms with E-state index in [0.717, 1.165) is 11.8 Å². The minimum absolute atomic E-state index is 0.0215. The van der Waals surface area contributed by atoms with Gasteiger partial charge in [-0.3, -0.25) is 4.79 Å². The summed E-state index contributed by atoms with van der Waals surface area (Å²) >= 11 is 0. The Morgan fingerprint density at radius 2 is 1.85 bits per heavy atom. The van der Waals surface area contributed by atoms with E-state index in [9.17, 15) is 17.6 Å². The van der Waals surface area contributed by atoms with Gasteiger partial charge in [-0.15, -0.1) is 0 Å². The van der Waals surface area contributed by atoms with Crippen molar-refractivity contribution in [3.63, 3.8) is 0 Å². The van der Waals surface area contributed by atoms with Gasteiger partial charge >= 0.3 is 0 Å². The number of hydrogen-bond acceptors (Lipinski definition) is 4. The van der Waals surface area contributed by atoms with Crippen molar-refractivity contribution in [3.8, 4) is 5.75 Å². The Morgan fingerprint density at radius 3 is 2.48 bits per heavy atom. The van der Waals surface area contributed by atoms with Crippen molar-refractivity contribution >= 4 is 21.6 Å². The van der Waals surface area contributed by atoms with Crippen molar-refractivity contribution in [1.82, 2.24) is 4.31 Å². The van der Waals surface area contributed by atoms with E-state index in [-0.39, 0.29) is 31.2 Å². The molecular formula is C19H23FN2O4S. The number of carbonyl (C=O) groups is 1. The van der Waals surface area contributed by atoms with E-state index in [1.807, 2.05) is 0 Å². The molecule has 0 radical (unpaired) electrons. The summed E-state index contributed by atoms with van der Waals surface area (Å²) in [6.07, 6.45) is 1.57. The van der Waals surface area contributed by atoms with Crippen LogP contribution in [0.2, 0.25) is 0 Å². The van der Waals surface area contributed by atoms with Crippen molar-refractivity contribution < 1.29 is 22.3 Å². The zero-order valence-electron chi connectivity index (χ0n) is 15.3. The molecule has 0 aliphatic rings. The van der Waals surface area contributed by atoms with Gasteiger partial charge < -0.3 is 10.1 Å². The molecule has 0 aliphatic heterocycles. The second-order valence-corrected chi connectivity index (χ2v) is 8.05. The average Bonchev–Trinajstić information content (AvgIpc) is 2.62. The molecule has 0 unspecified atom stereocenters. The van der Waals surface area contributed by atoms with Crippen LogP contribution in [0.1, 0.15) is 12.0 Å². The van der Waals surface area contributed by atoms with Crippen molar-refractivity contribution in [3.05, 3.63) is 59.9 Å². The van der Waals surface area contributed by atoms with Crippen LogP contribution in [-0.2, 0) is 21.2 Å². The number of hydrogen-bond donors (Lipinski definition) is 1. The maximum absolute atomic E-state index is 13.0. The van der Waals surface area contributed by atoms with E-state index in [2.05, 4.69) is 5.32 Å². The largest absolute Gasteiger partial charge is 0.497 e. The molecule has 0 spiro atoms. The van der Waals surface area contributed by atoms with Crippen LogP contribution >= 0.6 is 0 Å². The molecule has 0 aromatic heterocycles. The number of rotatable bonds is 9. The van der Waals surface area contributed by atoms with Gasteiger partial charge in [-0.25, -0.2) is 17.1 Å². The number of nitrogens with one attached hydrogen (secondary N) is 1. The van der Waals surface area contributed by atoms with Gasteiger partial charge in [-0.2, -0.15) is 0 Å². The minimum atomic E-state index is -3.46. The lowest BCUT2D eigenvalue weighted by atomic mass is 10.1. The second-order valence-electron chi connectivity index (χ2n) is 6.07. The maximum Gasteiger partial charge on any atom is 0.225 e. The number of ether oxygens (including phenoxy) is 1. The molecule has 0 heterocycles. The molecule has 0 atom stereocenters. The molecule has 0 saturated carbocycles. The lowest BCUT2D eigenvalue weighted by molar-refractivity contribution is -0.116. The molecule has 0 saturated heterocycles. The van der Waals surface area contributed by atoms with Crippen LogP contribution < -0.4 is 10.1 Å². The topological polar surface area (TPSA) is 75.7 Å². The first-order valence-corrected chi connectivity index (χ1v) is 10.3. The van der Waals surface area contributed by atoms with Crippen LogP contribution in [0.15, 0.2) is 48.5 Å². The molecule has 0 aliphatic carbocycles. The highest BCUT2D eigenvalue weighted by Crippen LogP contribution is 2.17. The third-order valence-electron chi connectivity index (χ3n) is 3.97. The number of methoxy groups -OCH3 is 1. The quantitative estimate of drug-likeness (QED) is 0.710. The highest BCUT2D eigenvalue weighted by atomic mass is 32.2. The molecule has 8 heteroatoms. The standard InChI is InChI=1S/C19H23FN2O4S/c1-26-18-5-3-4-17(14-18)21-19(23)11-13-22(27(2,24)25)12-10-15-6-8-16(20)9-7-15/h3-9,14H,10-13H2,1-2H3,(H,21,23). The van der Waals surface area contributed by atoms with Crippen LogP contribution in [0.4, 0.5) is 10.1 Å². The van der Waals surface area contributed by atoms with Gasteiger partial charge in [0.2, 0.25) is 15.9 Å². The molecule has 1 amide bonds. The Morgan fingerprint density at radius 1 is 1.15 bits per heavy atom. The van der Waals surface area contributed by atoms with Gasteiger partial charge in [0.1, 0.15) is 11.6 Å². The first-order chi connectivity index (χ1) is 12.8. The fourth-order valence-electron chi connectivity index (χ4n) is 2.50. The molecule has 2 aromatic rings. The number of anilines is 1. The molecule has 2 rings (SSSR count). The van der Waals surface area contributed by atoms with E-state index >= 15 is 0 Å². The monoisotopic (exact) mass is 394 g/mol. The summed E-state index contributed by atoms with van der Waals surface area (Å²) in [5.41, 5.74) is 1.41. The zero-order chi connectivity index (χ0) is 19.9. The van der Waals surface area contributed by atoms with Crippen LogP contribution in [0, 0.1) is 5.82 Å². The lowest BCUT2D eigenvalue weighted by Crippen LogP contribution is -2.34. The van der Waals surface area contributed by atoms with Gasteiger partial charge in [0, 0.05) is 31.3 Å². The van der Waals surface area contributed by atoms with Gasteiger partial charge in [0.05, 0.1) is 13.4 Å². The minimum Gasteiger partial charge on any atom is -0.497 e. The summed E-state index contributed by atoms with van der Waals surface area (Å²) in [6.45, 7) is 0.284. The fraction of sp³-hybridized carbons (Fsp3) is 0.316. The van der Waals surface area contributed by atoms with Crippen molar-refractivity contribution in [1.29, 1.82) is 0 Å². The van der Waals surface area contributed by atoms with Crippen LogP contribution in [-0.4, -0.2) is 45.1 Å². The molecule has 0 bridgehead atoms. The summed E-state index contributed by atoms with van der Waals surface area (Å²) in [4.78, 5) is 12.1. The van der Waals surface area contributed by atoms with Crippen LogP contribution in [0.3, 0.4) is 0 Å². The number of carbonyl (C=O) groups excluding carboxylic acids is 1. The Balaban J connectivity index is 1.91. The highest BCUT2D eigenvalue weighted by molar-refractivity contribution is 7.88. The van der Waals surface area contributed by atoms with E-state index < -0.39 is 10.0 Å². The van der Waals surface area contributed by atoms with Crippen molar-refractivity contribution in [2.75, 3.05) is 31.8 Å². The number of amides is 1. The van der Waals surface area contributed by atoms with E-state index in [0.29, 0.717) is 17.9 Å². The molecule has 0 fully saturated rings. The van der Waals surface area contributed by atoms with Crippen LogP contribution in [0.25, 0.3) is 0 Å². The lowest BCUT2D eigenvalue weighted by Gasteiger charge is -2.19.